The van der Waals surface area contributed by atoms with Crippen molar-refractivity contribution in [1.29, 1.82) is 5.26 Å². The lowest BCUT2D eigenvalue weighted by molar-refractivity contribution is -0.117. The van der Waals surface area contributed by atoms with Crippen LogP contribution >= 0.6 is 11.6 Å². The Bertz CT molecular complexity index is 509. The summed E-state index contributed by atoms with van der Waals surface area (Å²) in [6.45, 7) is 0.318. The summed E-state index contributed by atoms with van der Waals surface area (Å²) in [6.07, 6.45) is 1.35. The van der Waals surface area contributed by atoms with Gasteiger partial charge < -0.3 is 15.4 Å². The summed E-state index contributed by atoms with van der Waals surface area (Å²) in [5.41, 5.74) is 0.699. The molecule has 2 N–H and O–H groups in total. The number of hydrogen-bond donors (Lipinski definition) is 2. The lowest BCUT2D eigenvalue weighted by Gasteiger charge is -2.05. The second kappa shape index (κ2) is 8.01. The maximum atomic E-state index is 11.6. The predicted molar refractivity (Wildman–Crippen MR) is 74.0 cm³/mol. The molecule has 1 aromatic carbocycles. The van der Waals surface area contributed by atoms with Crippen LogP contribution in [0.25, 0.3) is 0 Å². The lowest BCUT2D eigenvalue weighted by atomic mass is 10.2. The minimum atomic E-state index is -0.460. The first-order valence-corrected chi connectivity index (χ1v) is 6.09. The quantitative estimate of drug-likeness (QED) is 0.474. The SMILES string of the molecule is COc1cccc(N/C=C(/C#N)C(=O)NCCCl)c1. The van der Waals surface area contributed by atoms with E-state index in [1.54, 1.807) is 31.4 Å². The highest BCUT2D eigenvalue weighted by Crippen LogP contribution is 2.16. The molecular weight excluding hydrogens is 266 g/mol. The van der Waals surface area contributed by atoms with E-state index in [0.717, 1.165) is 5.69 Å². The molecule has 0 unspecified atom stereocenters. The average molecular weight is 280 g/mol. The largest absolute Gasteiger partial charge is 0.497 e. The second-order valence-electron chi connectivity index (χ2n) is 3.49. The van der Waals surface area contributed by atoms with Gasteiger partial charge in [0.15, 0.2) is 0 Å². The van der Waals surface area contributed by atoms with Crippen molar-refractivity contribution in [2.75, 3.05) is 24.9 Å². The van der Waals surface area contributed by atoms with Gasteiger partial charge in [-0.1, -0.05) is 6.07 Å². The Kier molecular flexibility index (Phi) is 6.27. The highest BCUT2D eigenvalue weighted by molar-refractivity contribution is 6.18. The summed E-state index contributed by atoms with van der Waals surface area (Å²) in [4.78, 5) is 11.6. The summed E-state index contributed by atoms with van der Waals surface area (Å²) in [5.74, 6) is 0.523. The van der Waals surface area contributed by atoms with Crippen molar-refractivity contribution in [3.63, 3.8) is 0 Å². The highest BCUT2D eigenvalue weighted by atomic mass is 35.5. The molecule has 100 valence electrons. The van der Waals surface area contributed by atoms with E-state index in [2.05, 4.69) is 10.6 Å². The number of benzene rings is 1. The number of carbonyl (C=O) groups excluding carboxylic acids is 1. The monoisotopic (exact) mass is 279 g/mol. The van der Waals surface area contributed by atoms with Crippen LogP contribution in [0.2, 0.25) is 0 Å². The molecule has 0 aliphatic heterocycles. The predicted octanol–water partition coefficient (Wildman–Crippen LogP) is 1.87. The first kappa shape index (κ1) is 14.9. The van der Waals surface area contributed by atoms with E-state index in [1.807, 2.05) is 6.07 Å². The maximum Gasteiger partial charge on any atom is 0.263 e. The number of nitrogens with zero attached hydrogens (tertiary/aromatic N) is 1. The molecule has 19 heavy (non-hydrogen) atoms. The Morgan fingerprint density at radius 1 is 1.58 bits per heavy atom. The number of methoxy groups -OCH3 is 1. The van der Waals surface area contributed by atoms with Crippen LogP contribution in [0, 0.1) is 11.3 Å². The van der Waals surface area contributed by atoms with Crippen LogP contribution in [0.3, 0.4) is 0 Å². The zero-order valence-corrected chi connectivity index (χ0v) is 11.2. The number of amides is 1. The zero-order valence-electron chi connectivity index (χ0n) is 10.4. The van der Waals surface area contributed by atoms with Crippen LogP contribution in [0.5, 0.6) is 5.75 Å². The molecule has 0 aliphatic carbocycles. The molecule has 1 amide bonds. The van der Waals surface area contributed by atoms with Crippen molar-refractivity contribution in [1.82, 2.24) is 5.32 Å². The third-order valence-corrected chi connectivity index (χ3v) is 2.39. The summed E-state index contributed by atoms with van der Waals surface area (Å²) >= 11 is 5.45. The molecule has 0 aliphatic rings. The van der Waals surface area contributed by atoms with Crippen molar-refractivity contribution >= 4 is 23.2 Å². The van der Waals surface area contributed by atoms with E-state index in [4.69, 9.17) is 21.6 Å². The normalized spacial score (nSPS) is 10.5. The molecule has 6 heteroatoms. The Balaban J connectivity index is 2.71. The van der Waals surface area contributed by atoms with E-state index in [9.17, 15) is 4.79 Å². The van der Waals surface area contributed by atoms with Gasteiger partial charge in [-0.3, -0.25) is 4.79 Å². The molecule has 0 spiro atoms. The van der Waals surface area contributed by atoms with Gasteiger partial charge in [0.25, 0.3) is 5.91 Å². The Morgan fingerprint density at radius 2 is 2.37 bits per heavy atom. The van der Waals surface area contributed by atoms with E-state index in [1.165, 1.54) is 6.20 Å². The van der Waals surface area contributed by atoms with Gasteiger partial charge >= 0.3 is 0 Å². The third-order valence-electron chi connectivity index (χ3n) is 2.20. The zero-order chi connectivity index (χ0) is 14.1. The topological polar surface area (TPSA) is 74.1 Å². The molecule has 1 aromatic rings. The molecule has 0 fully saturated rings. The number of ether oxygens (including phenoxy) is 1. The summed E-state index contributed by atoms with van der Waals surface area (Å²) < 4.78 is 5.07. The molecule has 1 rings (SSSR count). The van der Waals surface area contributed by atoms with Gasteiger partial charge in [0.05, 0.1) is 7.11 Å². The van der Waals surface area contributed by atoms with Crippen molar-refractivity contribution in [3.8, 4) is 11.8 Å². The van der Waals surface area contributed by atoms with Gasteiger partial charge in [0.1, 0.15) is 17.4 Å². The smallest absolute Gasteiger partial charge is 0.263 e. The third kappa shape index (κ3) is 4.90. The summed E-state index contributed by atoms with van der Waals surface area (Å²) in [5, 5.41) is 14.3. The molecule has 5 nitrogen and oxygen atoms in total. The van der Waals surface area contributed by atoms with Crippen molar-refractivity contribution < 1.29 is 9.53 Å². The lowest BCUT2D eigenvalue weighted by Crippen LogP contribution is -2.26. The Hall–Kier alpha value is -2.19. The molecule has 0 saturated heterocycles. The molecule has 0 bridgehead atoms. The molecule has 0 radical (unpaired) electrons. The number of carbonyl (C=O) groups is 1. The Morgan fingerprint density at radius 3 is 3.00 bits per heavy atom. The maximum absolute atomic E-state index is 11.6. The van der Waals surface area contributed by atoms with E-state index < -0.39 is 5.91 Å². The van der Waals surface area contributed by atoms with Crippen LogP contribution in [-0.4, -0.2) is 25.4 Å². The summed E-state index contributed by atoms with van der Waals surface area (Å²) in [6, 6.07) is 8.97. The van der Waals surface area contributed by atoms with E-state index in [-0.39, 0.29) is 5.57 Å². The average Bonchev–Trinajstić information content (AvgIpc) is 2.45. The highest BCUT2D eigenvalue weighted by Gasteiger charge is 2.07. The van der Waals surface area contributed by atoms with Crippen molar-refractivity contribution in [3.05, 3.63) is 36.0 Å². The van der Waals surface area contributed by atoms with Gasteiger partial charge in [-0.2, -0.15) is 5.26 Å². The standard InChI is InChI=1S/C13H14ClN3O2/c1-19-12-4-2-3-11(7-12)17-9-10(8-15)13(18)16-6-5-14/h2-4,7,9,17H,5-6H2,1H3,(H,16,18)/b10-9-. The van der Waals surface area contributed by atoms with Gasteiger partial charge in [0, 0.05) is 30.4 Å². The van der Waals surface area contributed by atoms with Gasteiger partial charge in [-0.15, -0.1) is 11.6 Å². The van der Waals surface area contributed by atoms with Crippen molar-refractivity contribution in [2.45, 2.75) is 0 Å². The molecule has 0 saturated carbocycles. The number of nitrogens with one attached hydrogen (secondary N) is 2. The minimum absolute atomic E-state index is 0.0204. The molecule has 0 heterocycles. The first-order valence-electron chi connectivity index (χ1n) is 5.56. The van der Waals surface area contributed by atoms with Gasteiger partial charge in [-0.05, 0) is 12.1 Å². The van der Waals surface area contributed by atoms with Crippen LogP contribution in [0.1, 0.15) is 0 Å². The number of alkyl halides is 1. The number of halogens is 1. The number of rotatable bonds is 6. The van der Waals surface area contributed by atoms with Crippen LogP contribution < -0.4 is 15.4 Å². The number of anilines is 1. The fraction of sp³-hybridized carbons (Fsp3) is 0.231. The second-order valence-corrected chi connectivity index (χ2v) is 3.87. The first-order chi connectivity index (χ1) is 9.21. The Labute approximate surface area is 116 Å². The fourth-order valence-corrected chi connectivity index (χ4v) is 1.37. The summed E-state index contributed by atoms with van der Waals surface area (Å²) in [7, 11) is 1.56. The van der Waals surface area contributed by atoms with Crippen LogP contribution in [0.15, 0.2) is 36.0 Å². The molecular formula is C13H14ClN3O2. The van der Waals surface area contributed by atoms with E-state index in [0.29, 0.717) is 18.2 Å². The number of nitriles is 1. The fourth-order valence-electron chi connectivity index (χ4n) is 1.27. The van der Waals surface area contributed by atoms with Crippen LogP contribution in [0.4, 0.5) is 5.69 Å². The minimum Gasteiger partial charge on any atom is -0.497 e. The molecule has 0 atom stereocenters. The van der Waals surface area contributed by atoms with Crippen LogP contribution in [-0.2, 0) is 4.79 Å². The van der Waals surface area contributed by atoms with Gasteiger partial charge in [0.2, 0.25) is 0 Å². The van der Waals surface area contributed by atoms with Gasteiger partial charge in [-0.25, -0.2) is 0 Å². The number of hydrogen-bond acceptors (Lipinski definition) is 4. The van der Waals surface area contributed by atoms with Crippen molar-refractivity contribution in [2.24, 2.45) is 0 Å². The molecule has 0 aromatic heterocycles. The van der Waals surface area contributed by atoms with E-state index >= 15 is 0 Å².